The summed E-state index contributed by atoms with van der Waals surface area (Å²) in [7, 11) is 0. The minimum atomic E-state index is -0.0402. The number of nitrogens with one attached hydrogen (secondary N) is 1. The molecule has 0 unspecified atom stereocenters. The Morgan fingerprint density at radius 1 is 1.35 bits per heavy atom. The van der Waals surface area contributed by atoms with Gasteiger partial charge in [-0.15, -0.1) is 0 Å². The Bertz CT molecular complexity index is 885. The molecule has 1 N–H and O–H groups in total. The molecule has 2 aromatic heterocycles. The van der Waals surface area contributed by atoms with E-state index in [-0.39, 0.29) is 5.56 Å². The van der Waals surface area contributed by atoms with E-state index in [9.17, 15) is 4.79 Å². The molecular weight excluding hydrogens is 312 g/mol. The van der Waals surface area contributed by atoms with Gasteiger partial charge in [0.25, 0.3) is 5.56 Å². The standard InChI is InChI=1S/C16H16N4O2S/c1-23-16-18-11-6-7-20(8-10(11)15(21)19-16)9-14-17-12-4-2-3-5-13(12)22-14/h2-5H,6-9H2,1H3,(H,18,19,21). The van der Waals surface area contributed by atoms with Gasteiger partial charge in [-0.3, -0.25) is 9.69 Å². The van der Waals surface area contributed by atoms with Crippen molar-refractivity contribution in [1.29, 1.82) is 0 Å². The van der Waals surface area contributed by atoms with Crippen LogP contribution in [0.3, 0.4) is 0 Å². The van der Waals surface area contributed by atoms with Crippen molar-refractivity contribution in [3.05, 3.63) is 51.8 Å². The number of benzene rings is 1. The normalized spacial score (nSPS) is 15.0. The van der Waals surface area contributed by atoms with Crippen LogP contribution in [0, 0.1) is 0 Å². The van der Waals surface area contributed by atoms with Crippen molar-refractivity contribution in [2.45, 2.75) is 24.7 Å². The molecule has 0 saturated carbocycles. The predicted octanol–water partition coefficient (Wildman–Crippen LogP) is 2.19. The van der Waals surface area contributed by atoms with Crippen molar-refractivity contribution in [3.63, 3.8) is 0 Å². The Labute approximate surface area is 136 Å². The third kappa shape index (κ3) is 2.77. The van der Waals surface area contributed by atoms with Crippen LogP contribution in [0.4, 0.5) is 0 Å². The first-order valence-corrected chi connectivity index (χ1v) is 8.68. The average Bonchev–Trinajstić information content (AvgIpc) is 2.97. The summed E-state index contributed by atoms with van der Waals surface area (Å²) in [5, 5.41) is 0.682. The summed E-state index contributed by atoms with van der Waals surface area (Å²) in [4.78, 5) is 26.2. The maximum atomic E-state index is 12.2. The quantitative estimate of drug-likeness (QED) is 0.587. The van der Waals surface area contributed by atoms with Gasteiger partial charge in [0.15, 0.2) is 10.7 Å². The van der Waals surface area contributed by atoms with Crippen molar-refractivity contribution in [1.82, 2.24) is 19.9 Å². The van der Waals surface area contributed by atoms with E-state index in [1.807, 2.05) is 30.5 Å². The Balaban J connectivity index is 1.57. The van der Waals surface area contributed by atoms with Gasteiger partial charge in [0, 0.05) is 19.5 Å². The number of hydrogen-bond donors (Lipinski definition) is 1. The van der Waals surface area contributed by atoms with Crippen LogP contribution in [0.25, 0.3) is 11.1 Å². The van der Waals surface area contributed by atoms with Gasteiger partial charge in [-0.1, -0.05) is 23.9 Å². The third-order valence-electron chi connectivity index (χ3n) is 4.02. The highest BCUT2D eigenvalue weighted by atomic mass is 32.2. The van der Waals surface area contributed by atoms with E-state index in [1.165, 1.54) is 11.8 Å². The van der Waals surface area contributed by atoms with Gasteiger partial charge < -0.3 is 9.40 Å². The topological polar surface area (TPSA) is 75.0 Å². The number of nitrogens with zero attached hydrogens (tertiary/aromatic N) is 3. The predicted molar refractivity (Wildman–Crippen MR) is 88.5 cm³/mol. The van der Waals surface area contributed by atoms with Crippen LogP contribution in [0.15, 0.2) is 38.6 Å². The van der Waals surface area contributed by atoms with Crippen molar-refractivity contribution in [2.24, 2.45) is 0 Å². The molecule has 0 saturated heterocycles. The Morgan fingerprint density at radius 2 is 2.22 bits per heavy atom. The van der Waals surface area contributed by atoms with Gasteiger partial charge in [-0.25, -0.2) is 9.97 Å². The highest BCUT2D eigenvalue weighted by Gasteiger charge is 2.22. The molecular formula is C16H16N4O2S. The molecule has 0 atom stereocenters. The fraction of sp³-hybridized carbons (Fsp3) is 0.312. The van der Waals surface area contributed by atoms with Crippen LogP contribution < -0.4 is 5.56 Å². The molecule has 4 rings (SSSR count). The van der Waals surface area contributed by atoms with Crippen LogP contribution in [-0.2, 0) is 19.5 Å². The van der Waals surface area contributed by atoms with Gasteiger partial charge in [-0.05, 0) is 18.4 Å². The van der Waals surface area contributed by atoms with Crippen LogP contribution in [0.5, 0.6) is 0 Å². The van der Waals surface area contributed by atoms with E-state index in [4.69, 9.17) is 4.42 Å². The molecule has 0 aliphatic carbocycles. The molecule has 1 aliphatic rings. The summed E-state index contributed by atoms with van der Waals surface area (Å²) in [6.07, 6.45) is 2.68. The fourth-order valence-electron chi connectivity index (χ4n) is 2.87. The number of oxazole rings is 1. The summed E-state index contributed by atoms with van der Waals surface area (Å²) in [5.41, 5.74) is 3.28. The lowest BCUT2D eigenvalue weighted by Crippen LogP contribution is -2.35. The van der Waals surface area contributed by atoms with Crippen molar-refractivity contribution >= 4 is 22.9 Å². The maximum absolute atomic E-state index is 12.2. The second-order valence-electron chi connectivity index (χ2n) is 5.54. The zero-order chi connectivity index (χ0) is 15.8. The van der Waals surface area contributed by atoms with Crippen molar-refractivity contribution < 1.29 is 4.42 Å². The van der Waals surface area contributed by atoms with Gasteiger partial charge in [0.2, 0.25) is 5.89 Å². The SMILES string of the molecule is CSc1nc2c(c(=O)[nH]1)CN(Cc1nc3ccccc3o1)CC2. The largest absolute Gasteiger partial charge is 0.439 e. The van der Waals surface area contributed by atoms with E-state index in [2.05, 4.69) is 19.9 Å². The molecule has 23 heavy (non-hydrogen) atoms. The molecule has 0 radical (unpaired) electrons. The number of H-pyrrole nitrogens is 1. The molecule has 3 heterocycles. The lowest BCUT2D eigenvalue weighted by Gasteiger charge is -2.26. The third-order valence-corrected chi connectivity index (χ3v) is 4.60. The second-order valence-corrected chi connectivity index (χ2v) is 6.33. The summed E-state index contributed by atoms with van der Waals surface area (Å²) in [6, 6.07) is 7.73. The van der Waals surface area contributed by atoms with Crippen LogP contribution in [0.1, 0.15) is 17.1 Å². The van der Waals surface area contributed by atoms with E-state index in [1.54, 1.807) is 0 Å². The smallest absolute Gasteiger partial charge is 0.256 e. The minimum absolute atomic E-state index is 0.0402. The van der Waals surface area contributed by atoms with Crippen molar-refractivity contribution in [3.8, 4) is 0 Å². The van der Waals surface area contributed by atoms with Crippen molar-refractivity contribution in [2.75, 3.05) is 12.8 Å². The van der Waals surface area contributed by atoms with E-state index in [0.717, 1.165) is 35.3 Å². The highest BCUT2D eigenvalue weighted by Crippen LogP contribution is 2.20. The number of rotatable bonds is 3. The molecule has 1 aliphatic heterocycles. The second kappa shape index (κ2) is 5.82. The summed E-state index contributed by atoms with van der Waals surface area (Å²) >= 11 is 1.46. The van der Waals surface area contributed by atoms with Crippen LogP contribution in [0.2, 0.25) is 0 Å². The zero-order valence-corrected chi connectivity index (χ0v) is 13.5. The van der Waals surface area contributed by atoms with Gasteiger partial charge in [0.05, 0.1) is 17.8 Å². The Kier molecular flexibility index (Phi) is 3.66. The fourth-order valence-corrected chi connectivity index (χ4v) is 3.26. The molecule has 118 valence electrons. The number of fused-ring (bicyclic) bond motifs is 2. The van der Waals surface area contributed by atoms with E-state index >= 15 is 0 Å². The van der Waals surface area contributed by atoms with E-state index < -0.39 is 0 Å². The van der Waals surface area contributed by atoms with Gasteiger partial charge >= 0.3 is 0 Å². The first kappa shape index (κ1) is 14.5. The summed E-state index contributed by atoms with van der Waals surface area (Å²) in [5.74, 6) is 0.680. The lowest BCUT2D eigenvalue weighted by atomic mass is 10.1. The minimum Gasteiger partial charge on any atom is -0.439 e. The first-order valence-electron chi connectivity index (χ1n) is 7.46. The number of thioether (sulfide) groups is 1. The summed E-state index contributed by atoms with van der Waals surface area (Å²) < 4.78 is 5.77. The molecule has 0 spiro atoms. The molecule has 7 heteroatoms. The van der Waals surface area contributed by atoms with Crippen LogP contribution in [-0.4, -0.2) is 32.7 Å². The Morgan fingerprint density at radius 3 is 3.04 bits per heavy atom. The number of aromatic amines is 1. The zero-order valence-electron chi connectivity index (χ0n) is 12.7. The average molecular weight is 328 g/mol. The molecule has 0 amide bonds. The molecule has 0 bridgehead atoms. The highest BCUT2D eigenvalue weighted by molar-refractivity contribution is 7.98. The van der Waals surface area contributed by atoms with Gasteiger partial charge in [-0.2, -0.15) is 0 Å². The molecule has 1 aromatic carbocycles. The molecule has 6 nitrogen and oxygen atoms in total. The number of para-hydroxylation sites is 2. The van der Waals surface area contributed by atoms with Crippen LogP contribution >= 0.6 is 11.8 Å². The Hall–Kier alpha value is -2.12. The number of hydrogen-bond acceptors (Lipinski definition) is 6. The van der Waals surface area contributed by atoms with E-state index in [0.29, 0.717) is 24.1 Å². The molecule has 3 aromatic rings. The molecule has 0 fully saturated rings. The first-order chi connectivity index (χ1) is 11.2. The maximum Gasteiger partial charge on any atom is 0.256 e. The lowest BCUT2D eigenvalue weighted by molar-refractivity contribution is 0.219. The monoisotopic (exact) mass is 328 g/mol. The van der Waals surface area contributed by atoms with Gasteiger partial charge in [0.1, 0.15) is 5.52 Å². The number of aromatic nitrogens is 3. The summed E-state index contributed by atoms with van der Waals surface area (Å²) in [6.45, 7) is 2.01.